The van der Waals surface area contributed by atoms with Gasteiger partial charge in [-0.1, -0.05) is 0 Å². The van der Waals surface area contributed by atoms with Crippen LogP contribution in [0.4, 0.5) is 30.7 Å². The highest BCUT2D eigenvalue weighted by atomic mass is 19.4. The first-order valence-electron chi connectivity index (χ1n) is 5.59. The lowest BCUT2D eigenvalue weighted by molar-refractivity contribution is -0.148. The van der Waals surface area contributed by atoms with E-state index < -0.39 is 47.3 Å². The monoisotopic (exact) mass is 318 g/mol. The Morgan fingerprint density at radius 1 is 1.05 bits per heavy atom. The van der Waals surface area contributed by atoms with Gasteiger partial charge < -0.3 is 4.74 Å². The van der Waals surface area contributed by atoms with Gasteiger partial charge in [-0.15, -0.1) is 0 Å². The maximum atomic E-state index is 13.4. The molecule has 0 saturated heterocycles. The highest BCUT2D eigenvalue weighted by Gasteiger charge is 2.42. The second-order valence-corrected chi connectivity index (χ2v) is 3.98. The fourth-order valence-electron chi connectivity index (χ4n) is 1.58. The molecule has 0 heterocycles. The van der Waals surface area contributed by atoms with Crippen molar-refractivity contribution in [1.29, 1.82) is 0 Å². The second-order valence-electron chi connectivity index (χ2n) is 3.98. The predicted molar refractivity (Wildman–Crippen MR) is 56.7 cm³/mol. The molecule has 0 unspecified atom stereocenters. The van der Waals surface area contributed by atoms with Crippen molar-refractivity contribution in [3.63, 3.8) is 0 Å². The summed E-state index contributed by atoms with van der Waals surface area (Å²) in [4.78, 5) is 11.1. The molecule has 118 valence electrons. The third-order valence-corrected chi connectivity index (χ3v) is 2.40. The highest BCUT2D eigenvalue weighted by Crippen LogP contribution is 2.39. The van der Waals surface area contributed by atoms with E-state index in [-0.39, 0.29) is 18.7 Å². The van der Waals surface area contributed by atoms with Crippen LogP contribution in [-0.2, 0) is 28.3 Å². The molecule has 0 aliphatic rings. The molecule has 9 heteroatoms. The van der Waals surface area contributed by atoms with E-state index in [0.29, 0.717) is 0 Å². The van der Waals surface area contributed by atoms with Crippen molar-refractivity contribution >= 4 is 5.97 Å². The van der Waals surface area contributed by atoms with Crippen LogP contribution in [-0.4, -0.2) is 12.6 Å². The molecular formula is C12H9F7O2. The number of carbonyl (C=O) groups excluding carboxylic acids is 1. The van der Waals surface area contributed by atoms with E-state index in [1.165, 1.54) is 6.92 Å². The van der Waals surface area contributed by atoms with Crippen LogP contribution < -0.4 is 0 Å². The first kappa shape index (κ1) is 17.3. The minimum atomic E-state index is -5.31. The van der Waals surface area contributed by atoms with Crippen molar-refractivity contribution in [2.24, 2.45) is 0 Å². The molecule has 0 bridgehead atoms. The minimum Gasteiger partial charge on any atom is -0.466 e. The summed E-state index contributed by atoms with van der Waals surface area (Å²) in [6.45, 7) is 1.34. The maximum absolute atomic E-state index is 13.4. The van der Waals surface area contributed by atoms with Crippen LogP contribution in [0.25, 0.3) is 0 Å². The highest BCUT2D eigenvalue weighted by molar-refractivity contribution is 5.72. The summed E-state index contributed by atoms with van der Waals surface area (Å²) < 4.78 is 93.2. The van der Waals surface area contributed by atoms with Crippen LogP contribution in [0.1, 0.15) is 23.6 Å². The molecule has 1 rings (SSSR count). The maximum Gasteiger partial charge on any atom is 0.419 e. The zero-order valence-corrected chi connectivity index (χ0v) is 10.5. The normalized spacial score (nSPS) is 12.4. The quantitative estimate of drug-likeness (QED) is 0.623. The molecule has 0 amide bonds. The van der Waals surface area contributed by atoms with E-state index in [4.69, 9.17) is 0 Å². The van der Waals surface area contributed by atoms with Crippen molar-refractivity contribution in [3.8, 4) is 0 Å². The Kier molecular flexibility index (Phi) is 4.85. The number of esters is 1. The number of halogens is 7. The molecule has 0 atom stereocenters. The van der Waals surface area contributed by atoms with Crippen LogP contribution in [0.15, 0.2) is 12.1 Å². The lowest BCUT2D eigenvalue weighted by Gasteiger charge is -2.15. The van der Waals surface area contributed by atoms with Crippen molar-refractivity contribution in [2.45, 2.75) is 25.7 Å². The summed E-state index contributed by atoms with van der Waals surface area (Å²) in [5.74, 6) is -3.42. The summed E-state index contributed by atoms with van der Waals surface area (Å²) in [5.41, 5.74) is -4.78. The van der Waals surface area contributed by atoms with Crippen LogP contribution in [0.3, 0.4) is 0 Å². The van der Waals surface area contributed by atoms with E-state index >= 15 is 0 Å². The third kappa shape index (κ3) is 4.33. The van der Waals surface area contributed by atoms with Crippen LogP contribution in [0.2, 0.25) is 0 Å². The number of rotatable bonds is 3. The van der Waals surface area contributed by atoms with Gasteiger partial charge in [-0.05, 0) is 24.6 Å². The largest absolute Gasteiger partial charge is 0.466 e. The van der Waals surface area contributed by atoms with Gasteiger partial charge >= 0.3 is 18.3 Å². The molecule has 0 aliphatic carbocycles. The minimum absolute atomic E-state index is 0.0850. The zero-order valence-electron chi connectivity index (χ0n) is 10.5. The SMILES string of the molecule is CCOC(=O)Cc1cc(C(F)(F)F)c(F)c(C(F)(F)F)c1. The molecular weight excluding hydrogens is 309 g/mol. The fourth-order valence-corrected chi connectivity index (χ4v) is 1.58. The van der Waals surface area contributed by atoms with Gasteiger partial charge in [0.05, 0.1) is 24.2 Å². The average molecular weight is 318 g/mol. The molecule has 21 heavy (non-hydrogen) atoms. The Hall–Kier alpha value is -1.80. The Balaban J connectivity index is 3.37. The fraction of sp³-hybridized carbons (Fsp3) is 0.417. The smallest absolute Gasteiger partial charge is 0.419 e. The molecule has 0 saturated carbocycles. The third-order valence-electron chi connectivity index (χ3n) is 2.40. The molecule has 1 aromatic rings. The number of hydrogen-bond donors (Lipinski definition) is 0. The molecule has 0 aliphatic heterocycles. The number of alkyl halides is 6. The standard InChI is InChI=1S/C12H9F7O2/c1-2-21-9(20)5-6-3-7(11(14,15)16)10(13)8(4-6)12(17,18)19/h3-4H,2,5H2,1H3. The summed E-state index contributed by atoms with van der Waals surface area (Å²) in [7, 11) is 0. The number of benzene rings is 1. The number of hydrogen-bond acceptors (Lipinski definition) is 2. The Morgan fingerprint density at radius 3 is 1.81 bits per heavy atom. The molecule has 0 fully saturated rings. The zero-order chi connectivity index (χ0) is 16.4. The van der Waals surface area contributed by atoms with Gasteiger partial charge in [-0.2, -0.15) is 26.3 Å². The topological polar surface area (TPSA) is 26.3 Å². The first-order chi connectivity index (χ1) is 9.46. The molecule has 0 radical (unpaired) electrons. The van der Waals surface area contributed by atoms with Crippen molar-refractivity contribution in [2.75, 3.05) is 6.61 Å². The average Bonchev–Trinajstić information content (AvgIpc) is 2.28. The van der Waals surface area contributed by atoms with Gasteiger partial charge in [0.25, 0.3) is 0 Å². The summed E-state index contributed by atoms with van der Waals surface area (Å²) in [6.07, 6.45) is -11.4. The molecule has 0 spiro atoms. The van der Waals surface area contributed by atoms with Crippen molar-refractivity contribution in [1.82, 2.24) is 0 Å². The molecule has 1 aromatic carbocycles. The van der Waals surface area contributed by atoms with E-state index in [0.717, 1.165) is 0 Å². The predicted octanol–water partition coefficient (Wildman–Crippen LogP) is 3.97. The molecule has 0 aromatic heterocycles. The van der Waals surface area contributed by atoms with Crippen LogP contribution in [0, 0.1) is 5.82 Å². The van der Waals surface area contributed by atoms with Gasteiger partial charge in [-0.3, -0.25) is 4.79 Å². The Labute approximate surface area is 114 Å². The lowest BCUT2D eigenvalue weighted by atomic mass is 10.0. The van der Waals surface area contributed by atoms with Gasteiger partial charge in [0, 0.05) is 0 Å². The number of ether oxygens (including phenoxy) is 1. The van der Waals surface area contributed by atoms with Crippen LogP contribution in [0.5, 0.6) is 0 Å². The van der Waals surface area contributed by atoms with E-state index in [1.807, 2.05) is 0 Å². The van der Waals surface area contributed by atoms with Crippen molar-refractivity contribution < 1.29 is 40.3 Å². The van der Waals surface area contributed by atoms with Gasteiger partial charge in [-0.25, -0.2) is 4.39 Å². The summed E-state index contributed by atoms with van der Waals surface area (Å²) in [6, 6.07) is 0.336. The Morgan fingerprint density at radius 2 is 1.48 bits per heavy atom. The van der Waals surface area contributed by atoms with Gasteiger partial charge in [0.15, 0.2) is 0 Å². The van der Waals surface area contributed by atoms with Crippen molar-refractivity contribution in [3.05, 3.63) is 34.6 Å². The van der Waals surface area contributed by atoms with E-state index in [1.54, 1.807) is 0 Å². The Bertz CT molecular complexity index is 496. The summed E-state index contributed by atoms with van der Waals surface area (Å²) >= 11 is 0. The van der Waals surface area contributed by atoms with E-state index in [2.05, 4.69) is 4.74 Å². The lowest BCUT2D eigenvalue weighted by Crippen LogP contribution is -2.17. The van der Waals surface area contributed by atoms with E-state index in [9.17, 15) is 35.5 Å². The van der Waals surface area contributed by atoms with Crippen LogP contribution >= 0.6 is 0 Å². The van der Waals surface area contributed by atoms with Gasteiger partial charge in [0.2, 0.25) is 0 Å². The summed E-state index contributed by atoms with van der Waals surface area (Å²) in [5, 5.41) is 0. The number of carbonyl (C=O) groups is 1. The molecule has 0 N–H and O–H groups in total. The molecule has 2 nitrogen and oxygen atoms in total. The second kappa shape index (κ2) is 5.90. The van der Waals surface area contributed by atoms with Gasteiger partial charge in [0.1, 0.15) is 5.82 Å². The first-order valence-corrected chi connectivity index (χ1v) is 5.59.